The number of benzene rings is 1. The Hall–Kier alpha value is -0.810. The molecule has 6 heteroatoms. The van der Waals surface area contributed by atoms with E-state index in [0.717, 1.165) is 6.07 Å². The van der Waals surface area contributed by atoms with Crippen molar-refractivity contribution in [1.29, 1.82) is 0 Å². The molecule has 0 spiro atoms. The molecule has 14 heavy (non-hydrogen) atoms. The molecule has 0 radical (unpaired) electrons. The van der Waals surface area contributed by atoms with Gasteiger partial charge in [-0.15, -0.1) is 0 Å². The maximum Gasteiger partial charge on any atom is 0.223 e. The third-order valence-electron chi connectivity index (χ3n) is 1.69. The summed E-state index contributed by atoms with van der Waals surface area (Å²) < 4.78 is 26.4. The molecule has 0 saturated carbocycles. The fourth-order valence-corrected chi connectivity index (χ4v) is 1.61. The standard InChI is InChI=1S/C8H2BrClF2N2/c9-6-3-2-13-8(10)14-7(3)5(12)1-4(6)11/h1-2H. The maximum atomic E-state index is 13.2. The lowest BCUT2D eigenvalue weighted by Gasteiger charge is -2.02. The first-order chi connectivity index (χ1) is 6.59. The van der Waals surface area contributed by atoms with Gasteiger partial charge in [-0.1, -0.05) is 0 Å². The van der Waals surface area contributed by atoms with Gasteiger partial charge in [-0.05, 0) is 27.5 Å². The van der Waals surface area contributed by atoms with E-state index in [1.165, 1.54) is 6.20 Å². The highest BCUT2D eigenvalue weighted by Gasteiger charge is 2.12. The summed E-state index contributed by atoms with van der Waals surface area (Å²) >= 11 is 8.46. The Morgan fingerprint density at radius 3 is 2.71 bits per heavy atom. The van der Waals surface area contributed by atoms with Crippen LogP contribution in [0.1, 0.15) is 0 Å². The molecule has 0 amide bonds. The monoisotopic (exact) mass is 278 g/mol. The van der Waals surface area contributed by atoms with Crippen molar-refractivity contribution in [2.45, 2.75) is 0 Å². The second kappa shape index (κ2) is 3.40. The number of fused-ring (bicyclic) bond motifs is 1. The first-order valence-electron chi connectivity index (χ1n) is 3.55. The molecule has 1 aromatic carbocycles. The van der Waals surface area contributed by atoms with Gasteiger partial charge in [-0.3, -0.25) is 0 Å². The number of nitrogens with zero attached hydrogens (tertiary/aromatic N) is 2. The minimum absolute atomic E-state index is 0.00160. The van der Waals surface area contributed by atoms with E-state index >= 15 is 0 Å². The number of aromatic nitrogens is 2. The van der Waals surface area contributed by atoms with Gasteiger partial charge in [0.05, 0.1) is 4.47 Å². The smallest absolute Gasteiger partial charge is 0.223 e. The van der Waals surface area contributed by atoms with Crippen molar-refractivity contribution in [3.05, 3.63) is 33.7 Å². The van der Waals surface area contributed by atoms with Crippen LogP contribution in [0.3, 0.4) is 0 Å². The van der Waals surface area contributed by atoms with Gasteiger partial charge < -0.3 is 0 Å². The summed E-state index contributed by atoms with van der Waals surface area (Å²) in [5.74, 6) is -1.45. The Morgan fingerprint density at radius 2 is 2.00 bits per heavy atom. The Morgan fingerprint density at radius 1 is 1.29 bits per heavy atom. The highest BCUT2D eigenvalue weighted by molar-refractivity contribution is 9.10. The molecule has 0 saturated heterocycles. The van der Waals surface area contributed by atoms with E-state index in [0.29, 0.717) is 0 Å². The molecular weight excluding hydrogens is 277 g/mol. The van der Waals surface area contributed by atoms with E-state index in [1.807, 2.05) is 0 Å². The fourth-order valence-electron chi connectivity index (χ4n) is 1.07. The molecule has 0 bridgehead atoms. The Labute approximate surface area is 91.1 Å². The van der Waals surface area contributed by atoms with Crippen LogP contribution in [0.2, 0.25) is 5.28 Å². The zero-order valence-corrected chi connectivity index (χ0v) is 8.90. The van der Waals surface area contributed by atoms with Crippen molar-refractivity contribution in [2.24, 2.45) is 0 Å². The van der Waals surface area contributed by atoms with E-state index in [1.54, 1.807) is 0 Å². The Bertz CT molecular complexity index is 518. The normalized spacial score (nSPS) is 10.9. The Balaban J connectivity index is 2.94. The summed E-state index contributed by atoms with van der Waals surface area (Å²) in [6, 6.07) is 0.746. The average molecular weight is 279 g/mol. The highest BCUT2D eigenvalue weighted by atomic mass is 79.9. The quantitative estimate of drug-likeness (QED) is 0.546. The third-order valence-corrected chi connectivity index (χ3v) is 2.67. The minimum atomic E-state index is -0.759. The van der Waals surface area contributed by atoms with Crippen LogP contribution in [0.5, 0.6) is 0 Å². The molecule has 0 fully saturated rings. The SMILES string of the molecule is Fc1cc(F)c2nc(Cl)ncc2c1Br. The fraction of sp³-hybridized carbons (Fsp3) is 0. The van der Waals surface area contributed by atoms with Gasteiger partial charge >= 0.3 is 0 Å². The molecule has 72 valence electrons. The summed E-state index contributed by atoms with van der Waals surface area (Å²) in [5.41, 5.74) is -0.00160. The Kier molecular flexibility index (Phi) is 2.36. The van der Waals surface area contributed by atoms with Gasteiger partial charge in [-0.2, -0.15) is 0 Å². The van der Waals surface area contributed by atoms with E-state index in [4.69, 9.17) is 11.6 Å². The molecule has 2 nitrogen and oxygen atoms in total. The topological polar surface area (TPSA) is 25.8 Å². The van der Waals surface area contributed by atoms with Gasteiger partial charge in [0, 0.05) is 17.6 Å². The van der Waals surface area contributed by atoms with E-state index in [2.05, 4.69) is 25.9 Å². The van der Waals surface area contributed by atoms with E-state index < -0.39 is 11.6 Å². The molecule has 1 heterocycles. The van der Waals surface area contributed by atoms with Gasteiger partial charge in [0.15, 0.2) is 5.82 Å². The zero-order valence-electron chi connectivity index (χ0n) is 6.56. The minimum Gasteiger partial charge on any atom is -0.226 e. The summed E-state index contributed by atoms with van der Waals surface area (Å²) in [4.78, 5) is 7.30. The molecule has 2 aromatic rings. The van der Waals surface area contributed by atoms with E-state index in [9.17, 15) is 8.78 Å². The first kappa shape index (κ1) is 9.73. The average Bonchev–Trinajstić information content (AvgIpc) is 2.14. The van der Waals surface area contributed by atoms with Gasteiger partial charge in [0.1, 0.15) is 11.3 Å². The molecule has 0 aliphatic carbocycles. The van der Waals surface area contributed by atoms with Crippen LogP contribution in [0.15, 0.2) is 16.7 Å². The number of halogens is 4. The predicted molar refractivity (Wildman–Crippen MR) is 52.2 cm³/mol. The lowest BCUT2D eigenvalue weighted by Crippen LogP contribution is -1.91. The van der Waals surface area contributed by atoms with Crippen LogP contribution in [-0.2, 0) is 0 Å². The zero-order chi connectivity index (χ0) is 10.3. The van der Waals surface area contributed by atoms with Crippen molar-refractivity contribution >= 4 is 38.4 Å². The van der Waals surface area contributed by atoms with Crippen molar-refractivity contribution in [3.63, 3.8) is 0 Å². The number of hydrogen-bond donors (Lipinski definition) is 0. The molecule has 2 rings (SSSR count). The molecule has 0 unspecified atom stereocenters. The second-order valence-electron chi connectivity index (χ2n) is 2.56. The van der Waals surface area contributed by atoms with Crippen molar-refractivity contribution < 1.29 is 8.78 Å². The van der Waals surface area contributed by atoms with Crippen LogP contribution >= 0.6 is 27.5 Å². The summed E-state index contributed by atoms with van der Waals surface area (Å²) in [6.45, 7) is 0. The second-order valence-corrected chi connectivity index (χ2v) is 3.69. The maximum absolute atomic E-state index is 13.2. The van der Waals surface area contributed by atoms with Crippen LogP contribution < -0.4 is 0 Å². The molecule has 0 aliphatic rings. The molecule has 0 aliphatic heterocycles. The van der Waals surface area contributed by atoms with Crippen molar-refractivity contribution in [3.8, 4) is 0 Å². The van der Waals surface area contributed by atoms with Crippen LogP contribution in [0, 0.1) is 11.6 Å². The van der Waals surface area contributed by atoms with E-state index in [-0.39, 0.29) is 20.7 Å². The lowest BCUT2D eigenvalue weighted by atomic mass is 10.2. The van der Waals surface area contributed by atoms with Crippen LogP contribution in [0.25, 0.3) is 10.9 Å². The van der Waals surface area contributed by atoms with Gasteiger partial charge in [0.25, 0.3) is 0 Å². The molecule has 0 atom stereocenters. The van der Waals surface area contributed by atoms with Gasteiger partial charge in [-0.25, -0.2) is 18.7 Å². The third kappa shape index (κ3) is 1.46. The number of hydrogen-bond acceptors (Lipinski definition) is 2. The predicted octanol–water partition coefficient (Wildman–Crippen LogP) is 3.32. The molecule has 0 N–H and O–H groups in total. The summed E-state index contributed by atoms with van der Waals surface area (Å²) in [5, 5.41) is 0.182. The van der Waals surface area contributed by atoms with Crippen molar-refractivity contribution in [2.75, 3.05) is 0 Å². The first-order valence-corrected chi connectivity index (χ1v) is 4.72. The highest BCUT2D eigenvalue weighted by Crippen LogP contribution is 2.27. The summed E-state index contributed by atoms with van der Waals surface area (Å²) in [6.07, 6.45) is 1.26. The van der Waals surface area contributed by atoms with Crippen molar-refractivity contribution in [1.82, 2.24) is 9.97 Å². The number of rotatable bonds is 0. The van der Waals surface area contributed by atoms with Crippen LogP contribution in [0.4, 0.5) is 8.78 Å². The molecular formula is C8H2BrClF2N2. The summed E-state index contributed by atoms with van der Waals surface area (Å²) in [7, 11) is 0. The largest absolute Gasteiger partial charge is 0.226 e. The van der Waals surface area contributed by atoms with Crippen LogP contribution in [-0.4, -0.2) is 9.97 Å². The van der Waals surface area contributed by atoms with Gasteiger partial charge in [0.2, 0.25) is 5.28 Å². The lowest BCUT2D eigenvalue weighted by molar-refractivity contribution is 0.586. The molecule has 1 aromatic heterocycles.